The van der Waals surface area contributed by atoms with Gasteiger partial charge in [-0.2, -0.15) is 0 Å². The highest BCUT2D eigenvalue weighted by Crippen LogP contribution is 2.43. The molecule has 0 radical (unpaired) electrons. The summed E-state index contributed by atoms with van der Waals surface area (Å²) in [5, 5.41) is 0. The number of hydrogen-bond donors (Lipinski definition) is 0. The number of carbonyl (C=O) groups is 2. The van der Waals surface area contributed by atoms with Crippen LogP contribution in [0.25, 0.3) is 0 Å². The predicted octanol–water partition coefficient (Wildman–Crippen LogP) is 3.28. The molecule has 0 aromatic heterocycles. The maximum absolute atomic E-state index is 12.2. The molecule has 0 saturated carbocycles. The van der Waals surface area contributed by atoms with Gasteiger partial charge in [-0.15, -0.1) is 0 Å². The van der Waals surface area contributed by atoms with Crippen LogP contribution in [0.1, 0.15) is 32.4 Å². The lowest BCUT2D eigenvalue weighted by Crippen LogP contribution is -2.46. The van der Waals surface area contributed by atoms with E-state index in [2.05, 4.69) is 15.9 Å². The minimum Gasteiger partial charge on any atom is -0.456 e. The topological polar surface area (TPSA) is 43.4 Å². The van der Waals surface area contributed by atoms with Crippen molar-refractivity contribution in [3.05, 3.63) is 34.3 Å². The third-order valence-corrected chi connectivity index (χ3v) is 3.97. The van der Waals surface area contributed by atoms with E-state index in [1.165, 1.54) is 0 Å². The first-order valence-corrected chi connectivity index (χ1v) is 6.63. The van der Waals surface area contributed by atoms with E-state index in [9.17, 15) is 9.59 Å². The van der Waals surface area contributed by atoms with Crippen LogP contribution in [0.15, 0.2) is 28.7 Å². The molecule has 2 atom stereocenters. The van der Waals surface area contributed by atoms with Crippen molar-refractivity contribution >= 4 is 27.7 Å². The van der Waals surface area contributed by atoms with Crippen LogP contribution in [0.2, 0.25) is 0 Å². The molecule has 1 aliphatic heterocycles. The molecule has 1 heterocycles. The first kappa shape index (κ1) is 13.3. The van der Waals surface area contributed by atoms with Crippen molar-refractivity contribution in [2.75, 3.05) is 0 Å². The molecule has 0 N–H and O–H groups in total. The van der Waals surface area contributed by atoms with Gasteiger partial charge in [-0.05, 0) is 38.5 Å². The summed E-state index contributed by atoms with van der Waals surface area (Å²) in [6, 6.07) is 7.49. The molecule has 2 rings (SSSR count). The quantitative estimate of drug-likeness (QED) is 0.590. The molecule has 18 heavy (non-hydrogen) atoms. The molecule has 1 aromatic carbocycles. The lowest BCUT2D eigenvalue weighted by atomic mass is 9.73. The van der Waals surface area contributed by atoms with Gasteiger partial charge in [0.15, 0.2) is 5.78 Å². The van der Waals surface area contributed by atoms with Crippen LogP contribution < -0.4 is 0 Å². The van der Waals surface area contributed by atoms with Gasteiger partial charge < -0.3 is 4.74 Å². The van der Waals surface area contributed by atoms with E-state index in [0.717, 1.165) is 10.0 Å². The molecule has 96 valence electrons. The summed E-state index contributed by atoms with van der Waals surface area (Å²) in [5.41, 5.74) is 0.151. The Labute approximate surface area is 115 Å². The summed E-state index contributed by atoms with van der Waals surface area (Å²) in [6.07, 6.45) is -0.512. The van der Waals surface area contributed by atoms with Gasteiger partial charge >= 0.3 is 5.97 Å². The van der Waals surface area contributed by atoms with Gasteiger partial charge in [-0.25, -0.2) is 0 Å². The van der Waals surface area contributed by atoms with Crippen molar-refractivity contribution < 1.29 is 14.3 Å². The molecular weight excluding hydrogens is 296 g/mol. The summed E-state index contributed by atoms with van der Waals surface area (Å²) < 4.78 is 6.39. The number of hydrogen-bond acceptors (Lipinski definition) is 3. The van der Waals surface area contributed by atoms with Crippen molar-refractivity contribution in [2.24, 2.45) is 11.3 Å². The van der Waals surface area contributed by atoms with Gasteiger partial charge in [-0.3, -0.25) is 9.59 Å². The number of ketones is 1. The number of cyclic esters (lactones) is 1. The standard InChI is InChI=1S/C14H15BrO3/c1-8-11(16)14(2,3)12(18-13(8)17)9-4-6-10(15)7-5-9/h4-8,12H,1-3H3/t8-,12+/m1/s1. The average molecular weight is 311 g/mol. The van der Waals surface area contributed by atoms with E-state index in [-0.39, 0.29) is 5.78 Å². The summed E-state index contributed by atoms with van der Waals surface area (Å²) in [7, 11) is 0. The number of rotatable bonds is 1. The smallest absolute Gasteiger partial charge is 0.316 e. The Morgan fingerprint density at radius 1 is 1.17 bits per heavy atom. The Morgan fingerprint density at radius 2 is 1.72 bits per heavy atom. The van der Waals surface area contributed by atoms with Gasteiger partial charge in [-0.1, -0.05) is 28.1 Å². The van der Waals surface area contributed by atoms with Crippen LogP contribution in [0, 0.1) is 11.3 Å². The van der Waals surface area contributed by atoms with Crippen molar-refractivity contribution in [3.8, 4) is 0 Å². The fourth-order valence-corrected chi connectivity index (χ4v) is 2.55. The molecule has 0 spiro atoms. The second-order valence-electron chi connectivity index (χ2n) is 5.18. The Hall–Kier alpha value is -1.16. The number of carbonyl (C=O) groups excluding carboxylic acids is 2. The third kappa shape index (κ3) is 2.09. The molecular formula is C14H15BrO3. The number of esters is 1. The van der Waals surface area contributed by atoms with E-state index in [1.54, 1.807) is 6.92 Å². The van der Waals surface area contributed by atoms with Crippen molar-refractivity contribution in [3.63, 3.8) is 0 Å². The zero-order valence-electron chi connectivity index (χ0n) is 10.6. The Balaban J connectivity index is 2.40. The predicted molar refractivity (Wildman–Crippen MR) is 70.9 cm³/mol. The van der Waals surface area contributed by atoms with Crippen LogP contribution in [0.5, 0.6) is 0 Å². The fourth-order valence-electron chi connectivity index (χ4n) is 2.28. The molecule has 0 amide bonds. The molecule has 1 aromatic rings. The van der Waals surface area contributed by atoms with Gasteiger partial charge in [0.25, 0.3) is 0 Å². The van der Waals surface area contributed by atoms with Gasteiger partial charge in [0.1, 0.15) is 12.0 Å². The maximum Gasteiger partial charge on any atom is 0.316 e. The second-order valence-corrected chi connectivity index (χ2v) is 6.09. The van der Waals surface area contributed by atoms with E-state index in [0.29, 0.717) is 0 Å². The molecule has 0 aliphatic carbocycles. The van der Waals surface area contributed by atoms with E-state index >= 15 is 0 Å². The van der Waals surface area contributed by atoms with Crippen LogP contribution in [0.4, 0.5) is 0 Å². The second kappa shape index (κ2) is 4.50. The fraction of sp³-hybridized carbons (Fsp3) is 0.429. The normalized spacial score (nSPS) is 26.9. The first-order chi connectivity index (χ1) is 8.34. The number of benzene rings is 1. The average Bonchev–Trinajstić information content (AvgIpc) is 2.33. The Kier molecular flexibility index (Phi) is 3.32. The van der Waals surface area contributed by atoms with E-state index < -0.39 is 23.4 Å². The minimum absolute atomic E-state index is 0.0633. The molecule has 0 bridgehead atoms. The zero-order valence-corrected chi connectivity index (χ0v) is 12.2. The highest BCUT2D eigenvalue weighted by molar-refractivity contribution is 9.10. The highest BCUT2D eigenvalue weighted by Gasteiger charge is 2.49. The summed E-state index contributed by atoms with van der Waals surface area (Å²) >= 11 is 3.36. The molecule has 1 saturated heterocycles. The number of halogens is 1. The Morgan fingerprint density at radius 3 is 2.28 bits per heavy atom. The Bertz CT molecular complexity index is 490. The lowest BCUT2D eigenvalue weighted by molar-refractivity contribution is -0.177. The third-order valence-electron chi connectivity index (χ3n) is 3.44. The summed E-state index contributed by atoms with van der Waals surface area (Å²) in [5.74, 6) is -1.18. The van der Waals surface area contributed by atoms with Crippen LogP contribution >= 0.6 is 15.9 Å². The largest absolute Gasteiger partial charge is 0.456 e. The van der Waals surface area contributed by atoms with Gasteiger partial charge in [0, 0.05) is 4.47 Å². The van der Waals surface area contributed by atoms with Gasteiger partial charge in [0.05, 0.1) is 5.41 Å². The molecule has 1 aliphatic rings. The zero-order chi connectivity index (χ0) is 13.5. The van der Waals surface area contributed by atoms with Gasteiger partial charge in [0.2, 0.25) is 0 Å². The SMILES string of the molecule is C[C@H]1C(=O)O[C@@H](c2ccc(Br)cc2)C(C)(C)C1=O. The number of ether oxygens (including phenoxy) is 1. The molecule has 3 nitrogen and oxygen atoms in total. The van der Waals surface area contributed by atoms with E-state index in [4.69, 9.17) is 4.74 Å². The minimum atomic E-state index is -0.693. The van der Waals surface area contributed by atoms with Crippen LogP contribution in [-0.2, 0) is 14.3 Å². The monoisotopic (exact) mass is 310 g/mol. The molecule has 4 heteroatoms. The lowest BCUT2D eigenvalue weighted by Gasteiger charge is -2.39. The summed E-state index contributed by atoms with van der Waals surface area (Å²) in [6.45, 7) is 5.25. The molecule has 0 unspecified atom stereocenters. The van der Waals surface area contributed by atoms with Crippen LogP contribution in [0.3, 0.4) is 0 Å². The summed E-state index contributed by atoms with van der Waals surface area (Å²) in [4.78, 5) is 23.9. The van der Waals surface area contributed by atoms with E-state index in [1.807, 2.05) is 38.1 Å². The maximum atomic E-state index is 12.2. The first-order valence-electron chi connectivity index (χ1n) is 5.84. The van der Waals surface area contributed by atoms with Crippen LogP contribution in [-0.4, -0.2) is 11.8 Å². The molecule has 1 fully saturated rings. The highest BCUT2D eigenvalue weighted by atomic mass is 79.9. The van der Waals surface area contributed by atoms with Crippen molar-refractivity contribution in [1.29, 1.82) is 0 Å². The van der Waals surface area contributed by atoms with Crippen molar-refractivity contribution in [1.82, 2.24) is 0 Å². The van der Waals surface area contributed by atoms with Crippen molar-refractivity contribution in [2.45, 2.75) is 26.9 Å². The number of Topliss-reactive ketones (excluding diaryl/α,β-unsaturated/α-hetero) is 1.